The summed E-state index contributed by atoms with van der Waals surface area (Å²) in [5.74, 6) is -1.76. The van der Waals surface area contributed by atoms with Gasteiger partial charge in [-0.15, -0.1) is 0 Å². The highest BCUT2D eigenvalue weighted by Gasteiger charge is 2.24. The molecule has 4 nitrogen and oxygen atoms in total. The first-order valence-corrected chi connectivity index (χ1v) is 5.55. The summed E-state index contributed by atoms with van der Waals surface area (Å²) in [6.07, 6.45) is 3.19. The van der Waals surface area contributed by atoms with Crippen LogP contribution in [0.2, 0.25) is 10.0 Å². The topological polar surface area (TPSA) is 74.6 Å². The van der Waals surface area contributed by atoms with Crippen LogP contribution in [0.3, 0.4) is 0 Å². The number of carbonyl (C=O) groups is 2. The summed E-state index contributed by atoms with van der Waals surface area (Å²) in [7, 11) is 0. The quantitative estimate of drug-likeness (QED) is 0.614. The van der Waals surface area contributed by atoms with E-state index in [-0.39, 0.29) is 26.9 Å². The number of halogens is 2. The van der Waals surface area contributed by atoms with E-state index in [1.807, 2.05) is 0 Å². The smallest absolute Gasteiger partial charge is 0.186 e. The molecule has 0 fully saturated rings. The summed E-state index contributed by atoms with van der Waals surface area (Å²) in [6.45, 7) is 0. The van der Waals surface area contributed by atoms with Gasteiger partial charge in [0.05, 0.1) is 15.6 Å². The average molecular weight is 285 g/mol. The normalized spacial score (nSPS) is 14.9. The van der Waals surface area contributed by atoms with E-state index >= 15 is 0 Å². The van der Waals surface area contributed by atoms with Crippen LogP contribution in [0, 0.1) is 0 Å². The molecule has 1 aliphatic rings. The van der Waals surface area contributed by atoms with Gasteiger partial charge in [-0.3, -0.25) is 9.59 Å². The lowest BCUT2D eigenvalue weighted by Crippen LogP contribution is -2.07. The number of benzene rings is 1. The largest absolute Gasteiger partial charge is 0.506 e. The second kappa shape index (κ2) is 4.48. The van der Waals surface area contributed by atoms with Crippen LogP contribution in [0.5, 0.6) is 11.5 Å². The molecule has 0 unspecified atom stereocenters. The Morgan fingerprint density at radius 1 is 1.06 bits per heavy atom. The van der Waals surface area contributed by atoms with Crippen molar-refractivity contribution in [1.82, 2.24) is 0 Å². The Kier molecular flexibility index (Phi) is 3.15. The molecule has 0 bridgehead atoms. The number of rotatable bonds is 1. The Morgan fingerprint density at radius 3 is 2.39 bits per heavy atom. The highest BCUT2D eigenvalue weighted by atomic mass is 35.5. The molecule has 1 aromatic carbocycles. The summed E-state index contributed by atoms with van der Waals surface area (Å²) >= 11 is 11.5. The van der Waals surface area contributed by atoms with Crippen molar-refractivity contribution in [3.63, 3.8) is 0 Å². The molecule has 0 aromatic heterocycles. The molecule has 0 spiro atoms. The van der Waals surface area contributed by atoms with Crippen LogP contribution in [-0.4, -0.2) is 21.8 Å². The summed E-state index contributed by atoms with van der Waals surface area (Å²) in [5, 5.41) is 18.9. The van der Waals surface area contributed by atoms with Crippen molar-refractivity contribution < 1.29 is 19.8 Å². The summed E-state index contributed by atoms with van der Waals surface area (Å²) in [6, 6.07) is 1.05. The van der Waals surface area contributed by atoms with Crippen LogP contribution >= 0.6 is 23.2 Å². The van der Waals surface area contributed by atoms with Crippen LogP contribution in [0.4, 0.5) is 0 Å². The molecule has 92 valence electrons. The third-order valence-electron chi connectivity index (χ3n) is 2.39. The lowest BCUT2D eigenvalue weighted by molar-refractivity contribution is -0.113. The minimum absolute atomic E-state index is 0.109. The lowest BCUT2D eigenvalue weighted by Gasteiger charge is -2.13. The number of allylic oxidation sites excluding steroid dienone is 4. The summed E-state index contributed by atoms with van der Waals surface area (Å²) in [5.41, 5.74) is -0.257. The van der Waals surface area contributed by atoms with Gasteiger partial charge in [-0.2, -0.15) is 0 Å². The average Bonchev–Trinajstić information content (AvgIpc) is 2.31. The van der Waals surface area contributed by atoms with E-state index in [0.717, 1.165) is 24.3 Å². The molecule has 0 atom stereocenters. The maximum absolute atomic E-state index is 11.7. The first-order valence-electron chi connectivity index (χ1n) is 4.80. The van der Waals surface area contributed by atoms with Gasteiger partial charge in [0.1, 0.15) is 11.5 Å². The number of hydrogen-bond acceptors (Lipinski definition) is 4. The number of ketones is 2. The molecule has 2 rings (SSSR count). The Labute approximate surface area is 112 Å². The lowest BCUT2D eigenvalue weighted by atomic mass is 9.95. The number of phenols is 2. The van der Waals surface area contributed by atoms with Gasteiger partial charge in [0.25, 0.3) is 0 Å². The number of phenolic OH excluding ortho intramolecular Hbond substituents is 2. The van der Waals surface area contributed by atoms with Crippen LogP contribution in [-0.2, 0) is 9.59 Å². The number of carbonyl (C=O) groups excluding carboxylic acids is 2. The Balaban J connectivity index is 2.72. The Bertz CT molecular complexity index is 603. The number of aromatic hydroxyl groups is 2. The maximum Gasteiger partial charge on any atom is 0.186 e. The highest BCUT2D eigenvalue weighted by Crippen LogP contribution is 2.43. The van der Waals surface area contributed by atoms with Crippen molar-refractivity contribution in [3.8, 4) is 11.5 Å². The molecule has 1 aliphatic carbocycles. The van der Waals surface area contributed by atoms with E-state index in [1.165, 1.54) is 0 Å². The third-order valence-corrected chi connectivity index (χ3v) is 3.06. The fourth-order valence-corrected chi connectivity index (χ4v) is 2.00. The van der Waals surface area contributed by atoms with Gasteiger partial charge in [-0.05, 0) is 18.2 Å². The van der Waals surface area contributed by atoms with Crippen LogP contribution < -0.4 is 0 Å². The molecule has 2 N–H and O–H groups in total. The molecule has 0 saturated carbocycles. The molecule has 0 saturated heterocycles. The standard InChI is InChI=1S/C12H6Cl2O4/c13-7-4-9(17)11(14)10(12(7)18)6-3-5(15)1-2-8(6)16/h1-4,17-18H. The minimum atomic E-state index is -0.506. The highest BCUT2D eigenvalue weighted by molar-refractivity contribution is 6.42. The molecule has 0 heterocycles. The van der Waals surface area contributed by atoms with Gasteiger partial charge in [-0.25, -0.2) is 0 Å². The summed E-state index contributed by atoms with van der Waals surface area (Å²) in [4.78, 5) is 22.9. The molecule has 18 heavy (non-hydrogen) atoms. The zero-order chi connectivity index (χ0) is 13.4. The summed E-state index contributed by atoms with van der Waals surface area (Å²) < 4.78 is 0. The predicted octanol–water partition coefficient (Wildman–Crippen LogP) is 2.50. The van der Waals surface area contributed by atoms with E-state index in [4.69, 9.17) is 23.2 Å². The minimum Gasteiger partial charge on any atom is -0.506 e. The van der Waals surface area contributed by atoms with Crippen LogP contribution in [0.15, 0.2) is 24.3 Å². The number of hydrogen-bond donors (Lipinski definition) is 2. The van der Waals surface area contributed by atoms with Crippen molar-refractivity contribution in [1.29, 1.82) is 0 Å². The third kappa shape index (κ3) is 2.00. The van der Waals surface area contributed by atoms with Crippen molar-refractivity contribution >= 4 is 40.3 Å². The molecule has 0 radical (unpaired) electrons. The van der Waals surface area contributed by atoms with Crippen molar-refractivity contribution in [2.75, 3.05) is 0 Å². The Morgan fingerprint density at radius 2 is 1.72 bits per heavy atom. The zero-order valence-corrected chi connectivity index (χ0v) is 10.3. The molecule has 0 aliphatic heterocycles. The van der Waals surface area contributed by atoms with Gasteiger partial charge >= 0.3 is 0 Å². The van der Waals surface area contributed by atoms with E-state index in [2.05, 4.69) is 0 Å². The van der Waals surface area contributed by atoms with Gasteiger partial charge < -0.3 is 10.2 Å². The Hall–Kier alpha value is -1.78. The molecular weight excluding hydrogens is 279 g/mol. The second-order valence-corrected chi connectivity index (χ2v) is 4.36. The fraction of sp³-hybridized carbons (Fsp3) is 0. The van der Waals surface area contributed by atoms with Gasteiger partial charge in [-0.1, -0.05) is 23.2 Å². The van der Waals surface area contributed by atoms with E-state index in [0.29, 0.717) is 0 Å². The second-order valence-electron chi connectivity index (χ2n) is 3.57. The van der Waals surface area contributed by atoms with Crippen molar-refractivity contribution in [3.05, 3.63) is 39.9 Å². The predicted molar refractivity (Wildman–Crippen MR) is 66.9 cm³/mol. The van der Waals surface area contributed by atoms with E-state index in [1.54, 1.807) is 0 Å². The zero-order valence-electron chi connectivity index (χ0n) is 8.78. The first kappa shape index (κ1) is 12.7. The first-order chi connectivity index (χ1) is 8.41. The fourth-order valence-electron chi connectivity index (χ4n) is 1.55. The molecular formula is C12H6Cl2O4. The van der Waals surface area contributed by atoms with Crippen LogP contribution in [0.1, 0.15) is 5.56 Å². The SMILES string of the molecule is O=C1C=CC(=O)C(c2c(O)c(Cl)cc(O)c2Cl)=C1. The maximum atomic E-state index is 11.7. The molecule has 1 aromatic rings. The van der Waals surface area contributed by atoms with Crippen LogP contribution in [0.25, 0.3) is 5.57 Å². The van der Waals surface area contributed by atoms with Gasteiger partial charge in [0, 0.05) is 11.6 Å². The van der Waals surface area contributed by atoms with Gasteiger partial charge in [0.15, 0.2) is 11.6 Å². The molecule has 6 heteroatoms. The van der Waals surface area contributed by atoms with Gasteiger partial charge in [0.2, 0.25) is 0 Å². The monoisotopic (exact) mass is 284 g/mol. The van der Waals surface area contributed by atoms with Crippen molar-refractivity contribution in [2.45, 2.75) is 0 Å². The van der Waals surface area contributed by atoms with Crippen molar-refractivity contribution in [2.24, 2.45) is 0 Å². The molecule has 0 amide bonds. The van der Waals surface area contributed by atoms with E-state index in [9.17, 15) is 19.8 Å². The van der Waals surface area contributed by atoms with E-state index < -0.39 is 17.3 Å².